The summed E-state index contributed by atoms with van der Waals surface area (Å²) in [5, 5.41) is 0. The van der Waals surface area contributed by atoms with Crippen LogP contribution in [-0.4, -0.2) is 25.8 Å². The number of ether oxygens (including phenoxy) is 3. The molecule has 8 heavy (non-hydrogen) atoms. The number of fused-ring (bicyclic) bond motifs is 2. The van der Waals surface area contributed by atoms with Crippen LogP contribution in [0, 0.1) is 0 Å². The van der Waals surface area contributed by atoms with Crippen LogP contribution < -0.4 is 0 Å². The first-order valence-corrected chi connectivity index (χ1v) is 2.84. The van der Waals surface area contributed by atoms with Crippen LogP contribution in [0.4, 0.5) is 0 Å². The molecule has 0 aromatic rings. The molecule has 2 heterocycles. The summed E-state index contributed by atoms with van der Waals surface area (Å²) in [7, 11) is 0. The molecule has 2 rings (SSSR count). The molecule has 0 radical (unpaired) electrons. The van der Waals surface area contributed by atoms with Crippen LogP contribution in [0.5, 0.6) is 0 Å². The molecule has 46 valence electrons. The Hall–Kier alpha value is -0.120. The monoisotopic (exact) mass is 116 g/mol. The van der Waals surface area contributed by atoms with Crippen LogP contribution in [0.1, 0.15) is 6.42 Å². The van der Waals surface area contributed by atoms with Crippen LogP contribution in [0.3, 0.4) is 0 Å². The van der Waals surface area contributed by atoms with Crippen molar-refractivity contribution < 1.29 is 14.2 Å². The SMILES string of the molecule is C1CC2CO[C@H](O1)O2. The lowest BCUT2D eigenvalue weighted by Gasteiger charge is -2.16. The standard InChI is InChI=1S/C5H8O3/c1-2-6-5-7-3-4(1)8-5/h4-5H,1-3H2/t4?,5-/m0/s1. The zero-order chi connectivity index (χ0) is 5.40. The van der Waals surface area contributed by atoms with Gasteiger partial charge in [0.15, 0.2) is 0 Å². The number of hydrogen-bond acceptors (Lipinski definition) is 3. The van der Waals surface area contributed by atoms with E-state index in [4.69, 9.17) is 14.2 Å². The van der Waals surface area contributed by atoms with E-state index in [9.17, 15) is 0 Å². The Bertz CT molecular complexity index is 79.7. The van der Waals surface area contributed by atoms with E-state index in [1.807, 2.05) is 0 Å². The second-order valence-corrected chi connectivity index (χ2v) is 2.04. The third kappa shape index (κ3) is 0.632. The molecule has 0 N–H and O–H groups in total. The topological polar surface area (TPSA) is 27.7 Å². The summed E-state index contributed by atoms with van der Waals surface area (Å²) in [6, 6.07) is 0. The Morgan fingerprint density at radius 2 is 2.25 bits per heavy atom. The average molecular weight is 116 g/mol. The molecule has 2 aliphatic heterocycles. The lowest BCUT2D eigenvalue weighted by atomic mass is 10.3. The Morgan fingerprint density at radius 3 is 3.00 bits per heavy atom. The van der Waals surface area contributed by atoms with Crippen molar-refractivity contribution in [2.75, 3.05) is 13.2 Å². The maximum absolute atomic E-state index is 5.15. The fraction of sp³-hybridized carbons (Fsp3) is 1.00. The Balaban J connectivity index is 2.03. The molecule has 1 unspecified atom stereocenters. The summed E-state index contributed by atoms with van der Waals surface area (Å²) in [5.74, 6) is 0. The second kappa shape index (κ2) is 1.69. The molecular formula is C5H8O3. The predicted octanol–water partition coefficient (Wildman–Crippen LogP) is 0.106. The number of rotatable bonds is 0. The van der Waals surface area contributed by atoms with Crippen molar-refractivity contribution >= 4 is 0 Å². The predicted molar refractivity (Wildman–Crippen MR) is 25.2 cm³/mol. The van der Waals surface area contributed by atoms with Crippen molar-refractivity contribution in [1.29, 1.82) is 0 Å². The van der Waals surface area contributed by atoms with Crippen LogP contribution in [0.15, 0.2) is 0 Å². The zero-order valence-electron chi connectivity index (χ0n) is 4.50. The summed E-state index contributed by atoms with van der Waals surface area (Å²) in [5.41, 5.74) is 0. The van der Waals surface area contributed by atoms with Gasteiger partial charge in [0.2, 0.25) is 0 Å². The van der Waals surface area contributed by atoms with Crippen LogP contribution in [0.25, 0.3) is 0 Å². The maximum Gasteiger partial charge on any atom is 0.272 e. The first-order chi connectivity index (χ1) is 3.95. The molecular weight excluding hydrogens is 108 g/mol. The molecule has 0 aromatic carbocycles. The minimum atomic E-state index is -0.339. The van der Waals surface area contributed by atoms with Crippen molar-refractivity contribution in [3.63, 3.8) is 0 Å². The van der Waals surface area contributed by atoms with E-state index >= 15 is 0 Å². The van der Waals surface area contributed by atoms with Gasteiger partial charge in [0, 0.05) is 0 Å². The minimum absolute atomic E-state index is 0.314. The van der Waals surface area contributed by atoms with E-state index in [-0.39, 0.29) is 6.48 Å². The van der Waals surface area contributed by atoms with Crippen molar-refractivity contribution in [3.05, 3.63) is 0 Å². The third-order valence-electron chi connectivity index (χ3n) is 1.42. The summed E-state index contributed by atoms with van der Waals surface area (Å²) < 4.78 is 15.2. The Morgan fingerprint density at radius 1 is 1.25 bits per heavy atom. The van der Waals surface area contributed by atoms with Crippen LogP contribution in [-0.2, 0) is 14.2 Å². The van der Waals surface area contributed by atoms with Crippen molar-refractivity contribution in [2.45, 2.75) is 19.0 Å². The van der Waals surface area contributed by atoms with Gasteiger partial charge in [-0.05, 0) is 6.42 Å². The van der Waals surface area contributed by atoms with Crippen LogP contribution >= 0.6 is 0 Å². The third-order valence-corrected chi connectivity index (χ3v) is 1.42. The lowest BCUT2D eigenvalue weighted by molar-refractivity contribution is -0.258. The van der Waals surface area contributed by atoms with E-state index in [1.54, 1.807) is 0 Å². The molecule has 3 heteroatoms. The van der Waals surface area contributed by atoms with E-state index < -0.39 is 0 Å². The largest absolute Gasteiger partial charge is 0.330 e. The summed E-state index contributed by atoms with van der Waals surface area (Å²) in [6.07, 6.45) is 1.30. The molecule has 0 amide bonds. The summed E-state index contributed by atoms with van der Waals surface area (Å²) in [6.45, 7) is 1.16. The molecule has 2 fully saturated rings. The highest BCUT2D eigenvalue weighted by Gasteiger charge is 2.30. The number of hydrogen-bond donors (Lipinski definition) is 0. The molecule has 2 aliphatic rings. The zero-order valence-corrected chi connectivity index (χ0v) is 4.50. The molecule has 2 saturated heterocycles. The van der Waals surface area contributed by atoms with E-state index in [0.29, 0.717) is 12.7 Å². The Kier molecular flexibility index (Phi) is 0.997. The molecule has 0 spiro atoms. The summed E-state index contributed by atoms with van der Waals surface area (Å²) >= 11 is 0. The molecule has 2 bridgehead atoms. The maximum atomic E-state index is 5.15. The highest BCUT2D eigenvalue weighted by atomic mass is 16.9. The first kappa shape index (κ1) is 4.73. The van der Waals surface area contributed by atoms with Gasteiger partial charge in [-0.3, -0.25) is 0 Å². The Labute approximate surface area is 47.5 Å². The van der Waals surface area contributed by atoms with Gasteiger partial charge in [-0.25, -0.2) is 0 Å². The van der Waals surface area contributed by atoms with E-state index in [1.165, 1.54) is 0 Å². The van der Waals surface area contributed by atoms with Crippen molar-refractivity contribution in [2.24, 2.45) is 0 Å². The molecule has 0 aromatic heterocycles. The van der Waals surface area contributed by atoms with Gasteiger partial charge in [0.1, 0.15) is 0 Å². The van der Waals surface area contributed by atoms with Crippen molar-refractivity contribution in [3.8, 4) is 0 Å². The fourth-order valence-electron chi connectivity index (χ4n) is 0.956. The smallest absolute Gasteiger partial charge is 0.272 e. The second-order valence-electron chi connectivity index (χ2n) is 2.04. The fourth-order valence-corrected chi connectivity index (χ4v) is 0.956. The highest BCUT2D eigenvalue weighted by molar-refractivity contribution is 4.64. The van der Waals surface area contributed by atoms with Gasteiger partial charge in [-0.15, -0.1) is 0 Å². The van der Waals surface area contributed by atoms with Crippen molar-refractivity contribution in [1.82, 2.24) is 0 Å². The molecule has 3 nitrogen and oxygen atoms in total. The molecule has 0 aliphatic carbocycles. The van der Waals surface area contributed by atoms with Gasteiger partial charge < -0.3 is 14.2 Å². The van der Waals surface area contributed by atoms with Gasteiger partial charge in [-0.1, -0.05) is 0 Å². The normalized spacial score (nSPS) is 45.0. The highest BCUT2D eigenvalue weighted by Crippen LogP contribution is 2.20. The lowest BCUT2D eigenvalue weighted by Crippen LogP contribution is -2.23. The van der Waals surface area contributed by atoms with E-state index in [0.717, 1.165) is 13.0 Å². The van der Waals surface area contributed by atoms with Gasteiger partial charge in [0.05, 0.1) is 19.3 Å². The minimum Gasteiger partial charge on any atom is -0.330 e. The van der Waals surface area contributed by atoms with Gasteiger partial charge >= 0.3 is 0 Å². The first-order valence-electron chi connectivity index (χ1n) is 2.84. The van der Waals surface area contributed by atoms with E-state index in [2.05, 4.69) is 0 Å². The van der Waals surface area contributed by atoms with Gasteiger partial charge in [0.25, 0.3) is 6.48 Å². The molecule has 2 atom stereocenters. The van der Waals surface area contributed by atoms with Crippen LogP contribution in [0.2, 0.25) is 0 Å². The average Bonchev–Trinajstić information content (AvgIpc) is 2.12. The molecule has 0 saturated carbocycles. The van der Waals surface area contributed by atoms with Gasteiger partial charge in [-0.2, -0.15) is 0 Å². The quantitative estimate of drug-likeness (QED) is 0.449. The summed E-state index contributed by atoms with van der Waals surface area (Å²) in [4.78, 5) is 0.